The SMILES string of the molecule is Cc1cc(C)cc(Nc2nc(NCCN)c(Cl)cc2C(N)=O)c1. The van der Waals surface area contributed by atoms with Gasteiger partial charge >= 0.3 is 0 Å². The van der Waals surface area contributed by atoms with Crippen molar-refractivity contribution >= 4 is 34.8 Å². The maximum atomic E-state index is 11.7. The number of primary amides is 1. The predicted octanol–water partition coefficient (Wildman–Crippen LogP) is 2.56. The number of hydrogen-bond donors (Lipinski definition) is 4. The first-order valence-corrected chi connectivity index (χ1v) is 7.58. The summed E-state index contributed by atoms with van der Waals surface area (Å²) in [5, 5.41) is 6.47. The minimum Gasteiger partial charge on any atom is -0.367 e. The van der Waals surface area contributed by atoms with Gasteiger partial charge in [0.05, 0.1) is 10.6 Å². The average molecular weight is 334 g/mol. The molecule has 6 nitrogen and oxygen atoms in total. The van der Waals surface area contributed by atoms with Gasteiger partial charge in [-0.15, -0.1) is 0 Å². The number of rotatable bonds is 6. The molecule has 0 spiro atoms. The quantitative estimate of drug-likeness (QED) is 0.650. The van der Waals surface area contributed by atoms with Crippen molar-refractivity contribution < 1.29 is 4.79 Å². The number of halogens is 1. The zero-order valence-electron chi connectivity index (χ0n) is 13.1. The molecule has 0 atom stereocenters. The number of nitrogens with two attached hydrogens (primary N) is 2. The summed E-state index contributed by atoms with van der Waals surface area (Å²) in [5.41, 5.74) is 14.2. The summed E-state index contributed by atoms with van der Waals surface area (Å²) in [6.07, 6.45) is 0. The van der Waals surface area contributed by atoms with Crippen molar-refractivity contribution in [1.29, 1.82) is 0 Å². The first kappa shape index (κ1) is 17.1. The highest BCUT2D eigenvalue weighted by atomic mass is 35.5. The summed E-state index contributed by atoms with van der Waals surface area (Å²) in [7, 11) is 0. The van der Waals surface area contributed by atoms with E-state index in [1.807, 2.05) is 26.0 Å². The van der Waals surface area contributed by atoms with Crippen LogP contribution < -0.4 is 22.1 Å². The lowest BCUT2D eigenvalue weighted by Gasteiger charge is -2.14. The van der Waals surface area contributed by atoms with E-state index in [4.69, 9.17) is 23.1 Å². The Bertz CT molecular complexity index is 712. The van der Waals surface area contributed by atoms with Crippen molar-refractivity contribution in [3.05, 3.63) is 46.0 Å². The normalized spacial score (nSPS) is 10.4. The third kappa shape index (κ3) is 4.34. The molecule has 0 unspecified atom stereocenters. The van der Waals surface area contributed by atoms with Crippen molar-refractivity contribution in [3.8, 4) is 0 Å². The van der Waals surface area contributed by atoms with Gasteiger partial charge in [-0.2, -0.15) is 0 Å². The number of aryl methyl sites for hydroxylation is 2. The maximum Gasteiger partial charge on any atom is 0.252 e. The molecule has 7 heteroatoms. The molecule has 0 aliphatic rings. The van der Waals surface area contributed by atoms with E-state index in [0.29, 0.717) is 29.7 Å². The van der Waals surface area contributed by atoms with Gasteiger partial charge in [-0.05, 0) is 43.2 Å². The molecule has 1 aromatic heterocycles. The highest BCUT2D eigenvalue weighted by molar-refractivity contribution is 6.33. The van der Waals surface area contributed by atoms with Gasteiger partial charge in [0.1, 0.15) is 11.6 Å². The molecular formula is C16H20ClN5O. The predicted molar refractivity (Wildman–Crippen MR) is 94.5 cm³/mol. The molecule has 1 heterocycles. The molecule has 6 N–H and O–H groups in total. The number of anilines is 3. The van der Waals surface area contributed by atoms with Crippen LogP contribution >= 0.6 is 11.6 Å². The Morgan fingerprint density at radius 2 is 1.83 bits per heavy atom. The van der Waals surface area contributed by atoms with Gasteiger partial charge in [-0.25, -0.2) is 4.98 Å². The Morgan fingerprint density at radius 1 is 1.17 bits per heavy atom. The van der Waals surface area contributed by atoms with Crippen LogP contribution in [0.4, 0.5) is 17.3 Å². The number of nitrogens with one attached hydrogen (secondary N) is 2. The lowest BCUT2D eigenvalue weighted by atomic mass is 10.1. The zero-order valence-corrected chi connectivity index (χ0v) is 13.9. The number of benzene rings is 1. The van der Waals surface area contributed by atoms with Gasteiger partial charge in [0.15, 0.2) is 0 Å². The molecule has 1 aromatic carbocycles. The van der Waals surface area contributed by atoms with Gasteiger partial charge in [0.25, 0.3) is 5.91 Å². The van der Waals surface area contributed by atoms with E-state index in [9.17, 15) is 4.79 Å². The van der Waals surface area contributed by atoms with Crippen molar-refractivity contribution in [1.82, 2.24) is 4.98 Å². The summed E-state index contributed by atoms with van der Waals surface area (Å²) in [6.45, 7) is 4.95. The fourth-order valence-electron chi connectivity index (χ4n) is 2.27. The fourth-order valence-corrected chi connectivity index (χ4v) is 2.49. The Morgan fingerprint density at radius 3 is 2.39 bits per heavy atom. The first-order chi connectivity index (χ1) is 10.9. The topological polar surface area (TPSA) is 106 Å². The monoisotopic (exact) mass is 333 g/mol. The molecule has 2 aromatic rings. The van der Waals surface area contributed by atoms with E-state index < -0.39 is 5.91 Å². The number of carbonyl (C=O) groups excluding carboxylic acids is 1. The van der Waals surface area contributed by atoms with E-state index in [0.717, 1.165) is 16.8 Å². The summed E-state index contributed by atoms with van der Waals surface area (Å²) >= 11 is 6.13. The van der Waals surface area contributed by atoms with Gasteiger partial charge in [0.2, 0.25) is 0 Å². The number of hydrogen-bond acceptors (Lipinski definition) is 5. The van der Waals surface area contributed by atoms with Crippen molar-refractivity contribution in [2.24, 2.45) is 11.5 Å². The summed E-state index contributed by atoms with van der Waals surface area (Å²) < 4.78 is 0. The number of carbonyl (C=O) groups is 1. The van der Waals surface area contributed by atoms with Crippen molar-refractivity contribution in [2.45, 2.75) is 13.8 Å². The largest absolute Gasteiger partial charge is 0.367 e. The van der Waals surface area contributed by atoms with Gasteiger partial charge in [-0.1, -0.05) is 17.7 Å². The number of aromatic nitrogens is 1. The molecule has 0 saturated heterocycles. The molecule has 2 rings (SSSR count). The molecular weight excluding hydrogens is 314 g/mol. The highest BCUT2D eigenvalue weighted by Crippen LogP contribution is 2.28. The molecule has 23 heavy (non-hydrogen) atoms. The molecule has 1 amide bonds. The van der Waals surface area contributed by atoms with E-state index >= 15 is 0 Å². The molecule has 0 aliphatic carbocycles. The third-order valence-electron chi connectivity index (χ3n) is 3.16. The minimum atomic E-state index is -0.600. The highest BCUT2D eigenvalue weighted by Gasteiger charge is 2.15. The summed E-state index contributed by atoms with van der Waals surface area (Å²) in [5.74, 6) is 0.206. The van der Waals surface area contributed by atoms with E-state index in [-0.39, 0.29) is 5.56 Å². The van der Waals surface area contributed by atoms with E-state index in [1.165, 1.54) is 6.07 Å². The number of amides is 1. The molecule has 0 bridgehead atoms. The lowest BCUT2D eigenvalue weighted by molar-refractivity contribution is 0.100. The lowest BCUT2D eigenvalue weighted by Crippen LogP contribution is -2.17. The van der Waals surface area contributed by atoms with Gasteiger partial charge in [0, 0.05) is 18.8 Å². The second kappa shape index (κ2) is 7.30. The maximum absolute atomic E-state index is 11.7. The van der Waals surface area contributed by atoms with Crippen LogP contribution in [0, 0.1) is 13.8 Å². The van der Waals surface area contributed by atoms with Crippen LogP contribution in [0.1, 0.15) is 21.5 Å². The smallest absolute Gasteiger partial charge is 0.252 e. The second-order valence-electron chi connectivity index (χ2n) is 5.30. The van der Waals surface area contributed by atoms with E-state index in [1.54, 1.807) is 0 Å². The van der Waals surface area contributed by atoms with Crippen molar-refractivity contribution in [3.63, 3.8) is 0 Å². The fraction of sp³-hybridized carbons (Fsp3) is 0.250. The van der Waals surface area contributed by atoms with Crippen LogP contribution in [0.2, 0.25) is 5.02 Å². The number of pyridine rings is 1. The molecule has 0 radical (unpaired) electrons. The number of nitrogens with zero attached hydrogens (tertiary/aromatic N) is 1. The first-order valence-electron chi connectivity index (χ1n) is 7.20. The van der Waals surface area contributed by atoms with Crippen LogP contribution in [0.25, 0.3) is 0 Å². The third-order valence-corrected chi connectivity index (χ3v) is 3.45. The van der Waals surface area contributed by atoms with Crippen LogP contribution in [0.3, 0.4) is 0 Å². The Kier molecular flexibility index (Phi) is 5.41. The molecule has 0 fully saturated rings. The Hall–Kier alpha value is -2.31. The molecule has 0 saturated carbocycles. The van der Waals surface area contributed by atoms with Gasteiger partial charge in [-0.3, -0.25) is 4.79 Å². The minimum absolute atomic E-state index is 0.229. The van der Waals surface area contributed by atoms with Crippen LogP contribution in [-0.2, 0) is 0 Å². The second-order valence-corrected chi connectivity index (χ2v) is 5.70. The van der Waals surface area contributed by atoms with E-state index in [2.05, 4.69) is 21.7 Å². The molecule has 0 aliphatic heterocycles. The van der Waals surface area contributed by atoms with Crippen LogP contribution in [0.5, 0.6) is 0 Å². The van der Waals surface area contributed by atoms with Crippen molar-refractivity contribution in [2.75, 3.05) is 23.7 Å². The van der Waals surface area contributed by atoms with Crippen LogP contribution in [-0.4, -0.2) is 24.0 Å². The van der Waals surface area contributed by atoms with Crippen LogP contribution in [0.15, 0.2) is 24.3 Å². The Labute approximate surface area is 140 Å². The molecule has 122 valence electrons. The summed E-state index contributed by atoms with van der Waals surface area (Å²) in [6, 6.07) is 7.48. The zero-order chi connectivity index (χ0) is 17.0. The van der Waals surface area contributed by atoms with Gasteiger partial charge < -0.3 is 22.1 Å². The Balaban J connectivity index is 2.43. The average Bonchev–Trinajstić information content (AvgIpc) is 2.46. The standard InChI is InChI=1S/C16H20ClN5O/c1-9-5-10(2)7-11(6-9)21-15-12(14(19)23)8-13(17)16(22-15)20-4-3-18/h5-8H,3-4,18H2,1-2H3,(H2,19,23)(H2,20,21,22). The summed E-state index contributed by atoms with van der Waals surface area (Å²) in [4.78, 5) is 16.0.